The van der Waals surface area contributed by atoms with Crippen LogP contribution < -0.4 is 10.1 Å². The molecule has 0 saturated carbocycles. The number of H-pyrrole nitrogens is 1. The molecule has 2 aromatic carbocycles. The molecule has 6 nitrogen and oxygen atoms in total. The largest absolute Gasteiger partial charge is 0.494 e. The van der Waals surface area contributed by atoms with Crippen LogP contribution in [-0.2, 0) is 20.7 Å². The average molecular weight is 380 g/mol. The Labute approximate surface area is 163 Å². The third kappa shape index (κ3) is 4.91. The summed E-state index contributed by atoms with van der Waals surface area (Å²) in [4.78, 5) is 27.6. The van der Waals surface area contributed by atoms with E-state index in [0.717, 1.165) is 22.2 Å². The molecule has 0 aliphatic heterocycles. The minimum absolute atomic E-state index is 0.211. The first kappa shape index (κ1) is 19.5. The maximum Gasteiger partial charge on any atom is 0.306 e. The van der Waals surface area contributed by atoms with E-state index in [1.165, 1.54) is 0 Å². The number of benzene rings is 2. The predicted molar refractivity (Wildman–Crippen MR) is 108 cm³/mol. The lowest BCUT2D eigenvalue weighted by molar-refractivity contribution is -0.153. The van der Waals surface area contributed by atoms with E-state index < -0.39 is 12.1 Å². The molecular formula is C22H24N2O4. The standard InChI is InChI=1S/C22H24N2O4/c1-3-27-18-11-9-17(10-12-18)24-22(26)15(2)28-21(25)13-8-16-14-23-20-7-5-4-6-19(16)20/h4-7,9-12,14-15,23H,3,8,13H2,1-2H3,(H,24,26). The van der Waals surface area contributed by atoms with Crippen LogP contribution in [0.2, 0.25) is 0 Å². The maximum atomic E-state index is 12.2. The van der Waals surface area contributed by atoms with Crippen molar-refractivity contribution in [1.29, 1.82) is 0 Å². The van der Waals surface area contributed by atoms with Crippen LogP contribution in [0.3, 0.4) is 0 Å². The van der Waals surface area contributed by atoms with Crippen molar-refractivity contribution in [1.82, 2.24) is 4.98 Å². The van der Waals surface area contributed by atoms with Crippen molar-refractivity contribution in [3.8, 4) is 5.75 Å². The van der Waals surface area contributed by atoms with Crippen LogP contribution in [0.4, 0.5) is 5.69 Å². The number of hydrogen-bond acceptors (Lipinski definition) is 4. The summed E-state index contributed by atoms with van der Waals surface area (Å²) in [5.74, 6) is -0.0403. The van der Waals surface area contributed by atoms with Gasteiger partial charge in [0, 0.05) is 29.2 Å². The molecule has 3 aromatic rings. The van der Waals surface area contributed by atoms with Crippen LogP contribution in [-0.4, -0.2) is 29.6 Å². The van der Waals surface area contributed by atoms with Gasteiger partial charge in [-0.3, -0.25) is 9.59 Å². The number of esters is 1. The molecule has 3 rings (SSSR count). The molecule has 0 bridgehead atoms. The highest BCUT2D eigenvalue weighted by Crippen LogP contribution is 2.19. The first-order valence-corrected chi connectivity index (χ1v) is 9.35. The number of anilines is 1. The van der Waals surface area contributed by atoms with Crippen LogP contribution in [0, 0.1) is 0 Å². The second kappa shape index (κ2) is 9.08. The number of aromatic nitrogens is 1. The van der Waals surface area contributed by atoms with Gasteiger partial charge in [0.05, 0.1) is 6.61 Å². The molecule has 146 valence electrons. The minimum atomic E-state index is -0.873. The number of aryl methyl sites for hydroxylation is 1. The third-order valence-electron chi connectivity index (χ3n) is 4.38. The molecule has 2 N–H and O–H groups in total. The average Bonchev–Trinajstić information content (AvgIpc) is 3.11. The molecular weight excluding hydrogens is 356 g/mol. The van der Waals surface area contributed by atoms with Crippen LogP contribution in [0.15, 0.2) is 54.7 Å². The molecule has 6 heteroatoms. The highest BCUT2D eigenvalue weighted by molar-refractivity contribution is 5.95. The van der Waals surface area contributed by atoms with Gasteiger partial charge in [-0.15, -0.1) is 0 Å². The van der Waals surface area contributed by atoms with Crippen molar-refractivity contribution in [2.45, 2.75) is 32.8 Å². The molecule has 1 heterocycles. The lowest BCUT2D eigenvalue weighted by atomic mass is 10.1. The van der Waals surface area contributed by atoms with E-state index in [-0.39, 0.29) is 12.3 Å². The molecule has 0 fully saturated rings. The van der Waals surface area contributed by atoms with Gasteiger partial charge in [-0.05, 0) is 56.2 Å². The molecule has 0 aliphatic rings. The molecule has 1 atom stereocenters. The number of fused-ring (bicyclic) bond motifs is 1. The Morgan fingerprint density at radius 3 is 2.61 bits per heavy atom. The molecule has 1 unspecified atom stereocenters. The van der Waals surface area contributed by atoms with Crippen molar-refractivity contribution in [3.63, 3.8) is 0 Å². The van der Waals surface area contributed by atoms with Crippen molar-refractivity contribution in [2.75, 3.05) is 11.9 Å². The Morgan fingerprint density at radius 1 is 1.11 bits per heavy atom. The smallest absolute Gasteiger partial charge is 0.306 e. The van der Waals surface area contributed by atoms with E-state index in [4.69, 9.17) is 9.47 Å². The summed E-state index contributed by atoms with van der Waals surface area (Å²) in [6.45, 7) is 4.05. The van der Waals surface area contributed by atoms with Gasteiger partial charge in [-0.25, -0.2) is 0 Å². The lowest BCUT2D eigenvalue weighted by Gasteiger charge is -2.14. The minimum Gasteiger partial charge on any atom is -0.494 e. The number of carbonyl (C=O) groups is 2. The summed E-state index contributed by atoms with van der Waals surface area (Å²) in [5, 5.41) is 3.83. The Bertz CT molecular complexity index is 947. The number of hydrogen-bond donors (Lipinski definition) is 2. The van der Waals surface area contributed by atoms with E-state index in [0.29, 0.717) is 18.7 Å². The summed E-state index contributed by atoms with van der Waals surface area (Å²) in [7, 11) is 0. The van der Waals surface area contributed by atoms with Crippen LogP contribution >= 0.6 is 0 Å². The first-order valence-electron chi connectivity index (χ1n) is 9.35. The lowest BCUT2D eigenvalue weighted by Crippen LogP contribution is -2.30. The Kier molecular flexibility index (Phi) is 6.32. The second-order valence-corrected chi connectivity index (χ2v) is 6.44. The summed E-state index contributed by atoms with van der Waals surface area (Å²) in [6.07, 6.45) is 1.79. The number of amides is 1. The monoisotopic (exact) mass is 380 g/mol. The fourth-order valence-electron chi connectivity index (χ4n) is 2.93. The second-order valence-electron chi connectivity index (χ2n) is 6.44. The number of aromatic amines is 1. The van der Waals surface area contributed by atoms with E-state index >= 15 is 0 Å². The summed E-state index contributed by atoms with van der Waals surface area (Å²) in [5.41, 5.74) is 2.71. The molecule has 1 amide bonds. The highest BCUT2D eigenvalue weighted by Gasteiger charge is 2.18. The number of ether oxygens (including phenoxy) is 2. The van der Waals surface area contributed by atoms with Crippen molar-refractivity contribution >= 4 is 28.5 Å². The maximum absolute atomic E-state index is 12.2. The van der Waals surface area contributed by atoms with E-state index in [9.17, 15) is 9.59 Å². The Morgan fingerprint density at radius 2 is 1.86 bits per heavy atom. The van der Waals surface area contributed by atoms with Gasteiger partial charge in [-0.2, -0.15) is 0 Å². The number of carbonyl (C=O) groups excluding carboxylic acids is 2. The zero-order chi connectivity index (χ0) is 19.9. The molecule has 0 spiro atoms. The van der Waals surface area contributed by atoms with E-state index in [2.05, 4.69) is 10.3 Å². The Hall–Kier alpha value is -3.28. The van der Waals surface area contributed by atoms with Gasteiger partial charge in [0.25, 0.3) is 5.91 Å². The fourth-order valence-corrected chi connectivity index (χ4v) is 2.93. The molecule has 0 saturated heterocycles. The number of nitrogens with one attached hydrogen (secondary N) is 2. The summed E-state index contributed by atoms with van der Waals surface area (Å²) < 4.78 is 10.6. The van der Waals surface area contributed by atoms with Crippen LogP contribution in [0.25, 0.3) is 10.9 Å². The highest BCUT2D eigenvalue weighted by atomic mass is 16.5. The van der Waals surface area contributed by atoms with Gasteiger partial charge >= 0.3 is 5.97 Å². The Balaban J connectivity index is 1.48. The molecule has 1 aromatic heterocycles. The normalized spacial score (nSPS) is 11.8. The van der Waals surface area contributed by atoms with Gasteiger partial charge in [0.15, 0.2) is 6.10 Å². The fraction of sp³-hybridized carbons (Fsp3) is 0.273. The quantitative estimate of drug-likeness (QED) is 0.577. The topological polar surface area (TPSA) is 80.4 Å². The first-order chi connectivity index (χ1) is 13.6. The molecule has 28 heavy (non-hydrogen) atoms. The molecule has 0 aliphatic carbocycles. The number of rotatable bonds is 8. The third-order valence-corrected chi connectivity index (χ3v) is 4.38. The number of para-hydroxylation sites is 1. The SMILES string of the molecule is CCOc1ccc(NC(=O)C(C)OC(=O)CCc2c[nH]c3ccccc23)cc1. The zero-order valence-electron chi connectivity index (χ0n) is 16.0. The van der Waals surface area contributed by atoms with E-state index in [1.807, 2.05) is 37.4 Å². The zero-order valence-corrected chi connectivity index (χ0v) is 16.0. The van der Waals surface area contributed by atoms with Gasteiger partial charge in [0.1, 0.15) is 5.75 Å². The van der Waals surface area contributed by atoms with Crippen molar-refractivity contribution in [2.24, 2.45) is 0 Å². The van der Waals surface area contributed by atoms with Gasteiger partial charge in [-0.1, -0.05) is 18.2 Å². The van der Waals surface area contributed by atoms with Gasteiger partial charge in [0.2, 0.25) is 0 Å². The predicted octanol–water partition coefficient (Wildman–Crippen LogP) is 4.07. The van der Waals surface area contributed by atoms with E-state index in [1.54, 1.807) is 31.2 Å². The summed E-state index contributed by atoms with van der Waals surface area (Å²) >= 11 is 0. The van der Waals surface area contributed by atoms with Crippen LogP contribution in [0.1, 0.15) is 25.8 Å². The van der Waals surface area contributed by atoms with Gasteiger partial charge < -0.3 is 19.8 Å². The van der Waals surface area contributed by atoms with Crippen molar-refractivity contribution < 1.29 is 19.1 Å². The summed E-state index contributed by atoms with van der Waals surface area (Å²) in [6, 6.07) is 15.0. The molecule has 0 radical (unpaired) electrons. The van der Waals surface area contributed by atoms with Crippen LogP contribution in [0.5, 0.6) is 5.75 Å². The van der Waals surface area contributed by atoms with Crippen molar-refractivity contribution in [3.05, 3.63) is 60.3 Å².